The van der Waals surface area contributed by atoms with Gasteiger partial charge in [-0.25, -0.2) is 9.18 Å². The zero-order valence-corrected chi connectivity index (χ0v) is 17.1. The highest BCUT2D eigenvalue weighted by Crippen LogP contribution is 2.29. The van der Waals surface area contributed by atoms with Crippen molar-refractivity contribution in [3.8, 4) is 5.95 Å². The molecule has 0 saturated heterocycles. The van der Waals surface area contributed by atoms with Gasteiger partial charge in [-0.15, -0.1) is 0 Å². The molecular formula is C20H15BrClFN2O3. The summed E-state index contributed by atoms with van der Waals surface area (Å²) in [5.41, 5.74) is 2.83. The highest BCUT2D eigenvalue weighted by atomic mass is 79.9. The number of H-pyrrole nitrogens is 1. The Morgan fingerprint density at radius 1 is 1.32 bits per heavy atom. The van der Waals surface area contributed by atoms with Gasteiger partial charge in [0, 0.05) is 38.6 Å². The van der Waals surface area contributed by atoms with Crippen LogP contribution in [0, 0.1) is 12.7 Å². The minimum atomic E-state index is -0.630. The normalized spacial score (nSPS) is 11.3. The monoisotopic (exact) mass is 464 g/mol. The van der Waals surface area contributed by atoms with Gasteiger partial charge in [-0.3, -0.25) is 0 Å². The van der Waals surface area contributed by atoms with E-state index in [1.165, 1.54) is 6.07 Å². The van der Waals surface area contributed by atoms with Gasteiger partial charge in [-0.05, 0) is 49.2 Å². The van der Waals surface area contributed by atoms with Crippen LogP contribution in [0.15, 0.2) is 45.3 Å². The first-order valence-electron chi connectivity index (χ1n) is 8.51. The Bertz CT molecular complexity index is 1200. The smallest absolute Gasteiger partial charge is 0.415 e. The van der Waals surface area contributed by atoms with E-state index in [0.717, 1.165) is 22.0 Å². The standard InChI is InChI=1S/C20H15BrClFN2O3/c1-10-14(15-8-12(21)9-16(23)19(15)25-10)4-5-24-20(26)28-18-7-11-6-13(22)2-3-17(11)27-18/h2-3,6-9,25H,4-5H2,1H3,(H,24,26). The number of carbonyl (C=O) groups excluding carboxylic acids is 1. The van der Waals surface area contributed by atoms with Gasteiger partial charge in [0.15, 0.2) is 0 Å². The van der Waals surface area contributed by atoms with Crippen molar-refractivity contribution in [2.45, 2.75) is 13.3 Å². The van der Waals surface area contributed by atoms with Crippen molar-refractivity contribution in [3.63, 3.8) is 0 Å². The average Bonchev–Trinajstić information content (AvgIpc) is 3.15. The van der Waals surface area contributed by atoms with E-state index in [1.807, 2.05) is 13.0 Å². The third-order valence-corrected chi connectivity index (χ3v) is 5.13. The van der Waals surface area contributed by atoms with Crippen LogP contribution < -0.4 is 10.1 Å². The van der Waals surface area contributed by atoms with Crippen molar-refractivity contribution >= 4 is 55.5 Å². The summed E-state index contributed by atoms with van der Waals surface area (Å²) in [5.74, 6) is -0.236. The first-order chi connectivity index (χ1) is 13.4. The number of benzene rings is 2. The lowest BCUT2D eigenvalue weighted by molar-refractivity contribution is 0.189. The maximum absolute atomic E-state index is 14.1. The van der Waals surface area contributed by atoms with Crippen LogP contribution in [0.4, 0.5) is 9.18 Å². The molecule has 2 N–H and O–H groups in total. The number of carbonyl (C=O) groups is 1. The highest BCUT2D eigenvalue weighted by molar-refractivity contribution is 9.10. The molecule has 28 heavy (non-hydrogen) atoms. The Balaban J connectivity index is 1.41. The van der Waals surface area contributed by atoms with Crippen LogP contribution in [0.3, 0.4) is 0 Å². The van der Waals surface area contributed by atoms with Gasteiger partial charge in [0.1, 0.15) is 11.4 Å². The third-order valence-electron chi connectivity index (χ3n) is 4.44. The van der Waals surface area contributed by atoms with Gasteiger partial charge in [0.25, 0.3) is 5.95 Å². The second-order valence-corrected chi connectivity index (χ2v) is 7.70. The molecule has 2 heterocycles. The van der Waals surface area contributed by atoms with E-state index in [1.54, 1.807) is 24.3 Å². The topological polar surface area (TPSA) is 67.3 Å². The molecule has 0 fully saturated rings. The average molecular weight is 466 g/mol. The molecule has 144 valence electrons. The van der Waals surface area contributed by atoms with Gasteiger partial charge in [-0.1, -0.05) is 27.5 Å². The molecule has 4 aromatic rings. The van der Waals surface area contributed by atoms with Gasteiger partial charge in [0.2, 0.25) is 0 Å². The number of halogens is 3. The molecule has 0 aliphatic heterocycles. The molecule has 2 aromatic heterocycles. The molecule has 0 aliphatic rings. The Morgan fingerprint density at radius 2 is 2.14 bits per heavy atom. The van der Waals surface area contributed by atoms with E-state index in [0.29, 0.717) is 33.6 Å². The number of aromatic nitrogens is 1. The van der Waals surface area contributed by atoms with E-state index < -0.39 is 6.09 Å². The van der Waals surface area contributed by atoms with E-state index in [2.05, 4.69) is 26.2 Å². The molecule has 0 saturated carbocycles. The molecule has 8 heteroatoms. The molecule has 0 bridgehead atoms. The van der Waals surface area contributed by atoms with Crippen molar-refractivity contribution in [1.82, 2.24) is 10.3 Å². The van der Waals surface area contributed by atoms with Crippen molar-refractivity contribution in [2.75, 3.05) is 6.54 Å². The maximum atomic E-state index is 14.1. The molecule has 0 unspecified atom stereocenters. The highest BCUT2D eigenvalue weighted by Gasteiger charge is 2.14. The van der Waals surface area contributed by atoms with E-state index in [4.69, 9.17) is 20.8 Å². The molecule has 1 amide bonds. The summed E-state index contributed by atoms with van der Waals surface area (Å²) in [6.45, 7) is 2.20. The number of amides is 1. The van der Waals surface area contributed by atoms with Crippen molar-refractivity contribution < 1.29 is 18.3 Å². The number of rotatable bonds is 4. The number of fused-ring (bicyclic) bond motifs is 2. The Morgan fingerprint density at radius 3 is 2.96 bits per heavy atom. The number of ether oxygens (including phenoxy) is 1. The summed E-state index contributed by atoms with van der Waals surface area (Å²) in [7, 11) is 0. The van der Waals surface area contributed by atoms with Crippen molar-refractivity contribution in [1.29, 1.82) is 0 Å². The first kappa shape index (κ1) is 18.8. The van der Waals surface area contributed by atoms with Gasteiger partial charge >= 0.3 is 6.09 Å². The predicted octanol–water partition coefficient (Wildman–Crippen LogP) is 6.11. The zero-order chi connectivity index (χ0) is 19.8. The summed E-state index contributed by atoms with van der Waals surface area (Å²) >= 11 is 9.25. The van der Waals surface area contributed by atoms with E-state index in [-0.39, 0.29) is 11.8 Å². The molecule has 0 radical (unpaired) electrons. The van der Waals surface area contributed by atoms with Crippen LogP contribution in [-0.4, -0.2) is 17.6 Å². The maximum Gasteiger partial charge on any atom is 0.415 e. The lowest BCUT2D eigenvalue weighted by Gasteiger charge is -2.05. The molecule has 4 rings (SSSR count). The largest absolute Gasteiger partial charge is 0.425 e. The van der Waals surface area contributed by atoms with Crippen molar-refractivity contribution in [2.24, 2.45) is 0 Å². The molecule has 5 nitrogen and oxygen atoms in total. The summed E-state index contributed by atoms with van der Waals surface area (Å²) in [6.07, 6.45) is -0.109. The van der Waals surface area contributed by atoms with Crippen LogP contribution in [0.25, 0.3) is 21.9 Å². The molecule has 0 aliphatic carbocycles. The summed E-state index contributed by atoms with van der Waals surface area (Å²) in [4.78, 5) is 15.1. The summed E-state index contributed by atoms with van der Waals surface area (Å²) < 4.78 is 25.4. The Labute approximate surface area is 172 Å². The van der Waals surface area contributed by atoms with Crippen LogP contribution in [0.2, 0.25) is 5.02 Å². The van der Waals surface area contributed by atoms with Gasteiger partial charge in [0.05, 0.1) is 5.52 Å². The zero-order valence-electron chi connectivity index (χ0n) is 14.7. The number of hydrogen-bond acceptors (Lipinski definition) is 3. The lowest BCUT2D eigenvalue weighted by Crippen LogP contribution is -2.28. The lowest BCUT2D eigenvalue weighted by atomic mass is 10.1. The molecule has 2 aromatic carbocycles. The number of aryl methyl sites for hydroxylation is 1. The SMILES string of the molecule is Cc1[nH]c2c(F)cc(Br)cc2c1CCNC(=O)Oc1cc2cc(Cl)ccc2o1. The van der Waals surface area contributed by atoms with Crippen LogP contribution in [0.5, 0.6) is 5.95 Å². The molecule has 0 atom stereocenters. The fourth-order valence-electron chi connectivity index (χ4n) is 3.18. The Hall–Kier alpha value is -2.51. The minimum Gasteiger partial charge on any atom is -0.425 e. The number of aromatic amines is 1. The minimum absolute atomic E-state index is 0.0871. The molecular weight excluding hydrogens is 451 g/mol. The predicted molar refractivity (Wildman–Crippen MR) is 110 cm³/mol. The van der Waals surface area contributed by atoms with Crippen LogP contribution in [0.1, 0.15) is 11.3 Å². The van der Waals surface area contributed by atoms with E-state index in [9.17, 15) is 9.18 Å². The van der Waals surface area contributed by atoms with Gasteiger partial charge in [-0.2, -0.15) is 0 Å². The van der Waals surface area contributed by atoms with Gasteiger partial charge < -0.3 is 19.5 Å². The fourth-order valence-corrected chi connectivity index (χ4v) is 3.79. The fraction of sp³-hybridized carbons (Fsp3) is 0.150. The quantitative estimate of drug-likeness (QED) is 0.382. The van der Waals surface area contributed by atoms with Crippen LogP contribution in [-0.2, 0) is 6.42 Å². The number of nitrogens with one attached hydrogen (secondary N) is 2. The Kier molecular flexibility index (Phi) is 5.03. The second-order valence-electron chi connectivity index (χ2n) is 6.35. The number of furan rings is 1. The number of hydrogen-bond donors (Lipinski definition) is 2. The second kappa shape index (κ2) is 7.48. The van der Waals surface area contributed by atoms with Crippen molar-refractivity contribution in [3.05, 3.63) is 63.0 Å². The molecule has 0 spiro atoms. The summed E-state index contributed by atoms with van der Waals surface area (Å²) in [5, 5.41) is 4.78. The third kappa shape index (κ3) is 3.72. The van der Waals surface area contributed by atoms with E-state index >= 15 is 0 Å². The van der Waals surface area contributed by atoms with Crippen LogP contribution >= 0.6 is 27.5 Å². The first-order valence-corrected chi connectivity index (χ1v) is 9.69. The summed E-state index contributed by atoms with van der Waals surface area (Å²) in [6, 6.07) is 10.0.